The topological polar surface area (TPSA) is 100 Å². The molecule has 176 valence electrons. The fourth-order valence-corrected chi connectivity index (χ4v) is 4.43. The highest BCUT2D eigenvalue weighted by Crippen LogP contribution is 2.23. The van der Waals surface area contributed by atoms with E-state index < -0.39 is 0 Å². The summed E-state index contributed by atoms with van der Waals surface area (Å²) in [6.07, 6.45) is 7.78. The van der Waals surface area contributed by atoms with E-state index in [0.717, 1.165) is 30.8 Å². The fraction of sp³-hybridized carbons (Fsp3) is 0.222. The summed E-state index contributed by atoms with van der Waals surface area (Å²) in [6.45, 7) is 2.21. The Kier molecular flexibility index (Phi) is 6.08. The zero-order valence-electron chi connectivity index (χ0n) is 19.4. The summed E-state index contributed by atoms with van der Waals surface area (Å²) in [5, 5.41) is 18.1. The number of amides is 2. The van der Waals surface area contributed by atoms with E-state index >= 15 is 0 Å². The lowest BCUT2D eigenvalue weighted by molar-refractivity contribution is -0.118. The largest absolute Gasteiger partial charge is 0.356 e. The highest BCUT2D eigenvalue weighted by molar-refractivity contribution is 6.04. The number of nitriles is 1. The molecule has 35 heavy (non-hydrogen) atoms. The van der Waals surface area contributed by atoms with Crippen LogP contribution in [0.2, 0.25) is 0 Å². The van der Waals surface area contributed by atoms with Crippen LogP contribution >= 0.6 is 0 Å². The highest BCUT2D eigenvalue weighted by atomic mass is 16.2. The van der Waals surface area contributed by atoms with E-state index in [1.807, 2.05) is 30.3 Å². The number of nitrogens with zero attached hydrogens (tertiary/aromatic N) is 3. The number of carbonyl (C=O) groups is 2. The van der Waals surface area contributed by atoms with Gasteiger partial charge in [-0.15, -0.1) is 0 Å². The Labute approximate surface area is 204 Å². The lowest BCUT2D eigenvalue weighted by atomic mass is 9.99. The van der Waals surface area contributed by atoms with Gasteiger partial charge in [0.2, 0.25) is 0 Å². The second-order valence-corrected chi connectivity index (χ2v) is 8.94. The Morgan fingerprint density at radius 1 is 1.14 bits per heavy atom. The number of anilines is 1. The van der Waals surface area contributed by atoms with Gasteiger partial charge in [-0.25, -0.2) is 0 Å². The van der Waals surface area contributed by atoms with Crippen LogP contribution in [0.3, 0.4) is 0 Å². The van der Waals surface area contributed by atoms with E-state index in [4.69, 9.17) is 5.26 Å². The summed E-state index contributed by atoms with van der Waals surface area (Å²) >= 11 is 0. The average molecular weight is 467 g/mol. The Bertz CT molecular complexity index is 1320. The number of likely N-dealkylation sites (N-methyl/N-ethyl adjacent to an activating group) is 1. The third kappa shape index (κ3) is 4.95. The van der Waals surface area contributed by atoms with Gasteiger partial charge in [0.05, 0.1) is 5.57 Å². The van der Waals surface area contributed by atoms with Crippen LogP contribution in [-0.4, -0.2) is 41.4 Å². The Balaban J connectivity index is 1.20. The van der Waals surface area contributed by atoms with Crippen molar-refractivity contribution in [2.45, 2.75) is 25.7 Å². The average Bonchev–Trinajstić information content (AvgIpc) is 3.30. The lowest BCUT2D eigenvalue weighted by Crippen LogP contribution is -2.36. The summed E-state index contributed by atoms with van der Waals surface area (Å²) in [7, 11) is 2.10. The van der Waals surface area contributed by atoms with Crippen LogP contribution in [0.1, 0.15) is 27.0 Å². The van der Waals surface area contributed by atoms with Crippen LogP contribution in [0.4, 0.5) is 5.69 Å². The number of carbonyl (C=O) groups excluding carboxylic acids is 2. The van der Waals surface area contributed by atoms with Gasteiger partial charge in [-0.3, -0.25) is 9.59 Å². The minimum absolute atomic E-state index is 0.177. The lowest BCUT2D eigenvalue weighted by Gasteiger charge is -2.25. The van der Waals surface area contributed by atoms with Crippen LogP contribution in [-0.2, 0) is 24.3 Å². The van der Waals surface area contributed by atoms with Gasteiger partial charge in [0.25, 0.3) is 11.8 Å². The maximum Gasteiger partial charge on any atom is 0.269 e. The summed E-state index contributed by atoms with van der Waals surface area (Å²) in [6, 6.07) is 15.4. The first kappa shape index (κ1) is 22.4. The van der Waals surface area contributed by atoms with E-state index in [1.165, 1.54) is 11.1 Å². The Hall–Kier alpha value is -4.35. The molecule has 0 spiro atoms. The first-order chi connectivity index (χ1) is 17.0. The molecule has 1 unspecified atom stereocenters. The minimum atomic E-state index is -0.256. The van der Waals surface area contributed by atoms with Gasteiger partial charge in [-0.1, -0.05) is 18.2 Å². The van der Waals surface area contributed by atoms with Crippen molar-refractivity contribution < 1.29 is 9.59 Å². The van der Waals surface area contributed by atoms with Crippen molar-refractivity contribution in [1.82, 2.24) is 20.4 Å². The van der Waals surface area contributed by atoms with Crippen LogP contribution in [0.15, 0.2) is 78.3 Å². The molecule has 3 aliphatic heterocycles. The van der Waals surface area contributed by atoms with Crippen molar-refractivity contribution in [3.05, 3.63) is 101 Å². The molecule has 3 N–H and O–H groups in total. The molecule has 5 rings (SSSR count). The number of fused-ring (bicyclic) bond motifs is 2. The fourth-order valence-electron chi connectivity index (χ4n) is 4.43. The van der Waals surface area contributed by atoms with Crippen molar-refractivity contribution in [3.63, 3.8) is 0 Å². The molecule has 2 aromatic rings. The standard InChI is InChI=1S/C27H26N6O2/c1-32-10-9-20-6-7-23(12-22(20)16-32)30-26(34)21-4-2-3-18(11-21)14-29-27(35)24-17-33-15-19(13-28)5-8-25(33)31-24/h2-8,11-12,15,17,25,31H,9-10,14,16H2,1H3,(H,29,35)(H,30,34). The Morgan fingerprint density at radius 2 is 2.03 bits per heavy atom. The summed E-state index contributed by atoms with van der Waals surface area (Å²) in [4.78, 5) is 29.6. The number of hydrogen-bond donors (Lipinski definition) is 3. The van der Waals surface area contributed by atoms with Crippen molar-refractivity contribution >= 4 is 17.5 Å². The number of benzene rings is 2. The smallest absolute Gasteiger partial charge is 0.269 e. The van der Waals surface area contributed by atoms with Crippen molar-refractivity contribution in [1.29, 1.82) is 5.26 Å². The SMILES string of the molecule is CN1CCc2ccc(NC(=O)c3cccc(CNC(=O)C4=CN5C=C(C#N)C=CC5N4)c3)cc2C1. The third-order valence-corrected chi connectivity index (χ3v) is 6.33. The Morgan fingerprint density at radius 3 is 2.89 bits per heavy atom. The maximum atomic E-state index is 12.9. The zero-order valence-corrected chi connectivity index (χ0v) is 19.4. The van der Waals surface area contributed by atoms with E-state index in [-0.39, 0.29) is 24.5 Å². The number of nitrogens with one attached hydrogen (secondary N) is 3. The van der Waals surface area contributed by atoms with E-state index in [9.17, 15) is 9.59 Å². The van der Waals surface area contributed by atoms with Gasteiger partial charge in [0.15, 0.2) is 0 Å². The molecule has 3 aliphatic rings. The molecule has 2 amide bonds. The maximum absolute atomic E-state index is 12.9. The van der Waals surface area contributed by atoms with Crippen LogP contribution in [0.5, 0.6) is 0 Å². The van der Waals surface area contributed by atoms with Gasteiger partial charge >= 0.3 is 0 Å². The number of hydrogen-bond acceptors (Lipinski definition) is 6. The second kappa shape index (κ2) is 9.49. The van der Waals surface area contributed by atoms with Crippen LogP contribution in [0.25, 0.3) is 0 Å². The third-order valence-electron chi connectivity index (χ3n) is 6.33. The molecule has 8 heteroatoms. The van der Waals surface area contributed by atoms with Crippen molar-refractivity contribution in [2.75, 3.05) is 18.9 Å². The van der Waals surface area contributed by atoms with Crippen molar-refractivity contribution in [3.8, 4) is 6.07 Å². The molecule has 0 aliphatic carbocycles. The van der Waals surface area contributed by atoms with E-state index in [0.29, 0.717) is 16.8 Å². The molecule has 0 aromatic heterocycles. The quantitative estimate of drug-likeness (QED) is 0.626. The molecule has 0 saturated carbocycles. The second-order valence-electron chi connectivity index (χ2n) is 8.94. The molecular formula is C27H26N6O2. The minimum Gasteiger partial charge on any atom is -0.356 e. The predicted molar refractivity (Wildman–Crippen MR) is 132 cm³/mol. The molecule has 1 atom stereocenters. The van der Waals surface area contributed by atoms with E-state index in [2.05, 4.69) is 40.0 Å². The summed E-state index contributed by atoms with van der Waals surface area (Å²) < 4.78 is 0. The monoisotopic (exact) mass is 466 g/mol. The number of allylic oxidation sites excluding steroid dienone is 2. The molecule has 0 bridgehead atoms. The normalized spacial score (nSPS) is 18.4. The molecule has 2 aromatic carbocycles. The van der Waals surface area contributed by atoms with Crippen LogP contribution < -0.4 is 16.0 Å². The zero-order chi connectivity index (χ0) is 24.4. The first-order valence-corrected chi connectivity index (χ1v) is 11.5. The van der Waals surface area contributed by atoms with Gasteiger partial charge in [0.1, 0.15) is 17.9 Å². The molecule has 0 radical (unpaired) electrons. The van der Waals surface area contributed by atoms with Gasteiger partial charge in [-0.05, 0) is 66.6 Å². The van der Waals surface area contributed by atoms with Gasteiger partial charge in [0, 0.05) is 43.3 Å². The van der Waals surface area contributed by atoms with Crippen LogP contribution in [0, 0.1) is 11.3 Å². The molecular weight excluding hydrogens is 440 g/mol. The summed E-state index contributed by atoms with van der Waals surface area (Å²) in [5.41, 5.74) is 5.65. The molecule has 8 nitrogen and oxygen atoms in total. The molecule has 0 saturated heterocycles. The summed E-state index contributed by atoms with van der Waals surface area (Å²) in [5.74, 6) is -0.445. The molecule has 0 fully saturated rings. The van der Waals surface area contributed by atoms with E-state index in [1.54, 1.807) is 35.5 Å². The predicted octanol–water partition coefficient (Wildman–Crippen LogP) is 2.59. The van der Waals surface area contributed by atoms with Crippen molar-refractivity contribution in [2.24, 2.45) is 0 Å². The number of rotatable bonds is 5. The van der Waals surface area contributed by atoms with Gasteiger partial charge < -0.3 is 25.8 Å². The first-order valence-electron chi connectivity index (χ1n) is 11.5. The highest BCUT2D eigenvalue weighted by Gasteiger charge is 2.26. The van der Waals surface area contributed by atoms with Gasteiger partial charge in [-0.2, -0.15) is 5.26 Å². The molecule has 3 heterocycles.